The van der Waals surface area contributed by atoms with Crippen LogP contribution in [0.15, 0.2) is 23.0 Å². The highest BCUT2D eigenvalue weighted by molar-refractivity contribution is 5.85. The van der Waals surface area contributed by atoms with Crippen molar-refractivity contribution in [2.45, 2.75) is 38.2 Å². The summed E-state index contributed by atoms with van der Waals surface area (Å²) in [4.78, 5) is 25.9. The van der Waals surface area contributed by atoms with Crippen LogP contribution in [0.25, 0.3) is 11.6 Å². The molecule has 9 heteroatoms. The monoisotopic (exact) mass is 335 g/mol. The van der Waals surface area contributed by atoms with E-state index in [9.17, 15) is 13.6 Å². The molecule has 1 amide bonds. The van der Waals surface area contributed by atoms with Crippen LogP contribution in [0, 0.1) is 5.41 Å². The highest BCUT2D eigenvalue weighted by Gasteiger charge is 2.56. The Morgan fingerprint density at radius 1 is 1.29 bits per heavy atom. The number of aromatic nitrogens is 4. The molecular formula is C15H15F2N5O2. The van der Waals surface area contributed by atoms with Gasteiger partial charge in [-0.15, -0.1) is 0 Å². The number of hydrogen-bond acceptors (Lipinski definition) is 6. The number of rotatable bonds is 3. The molecule has 1 aliphatic heterocycles. The van der Waals surface area contributed by atoms with Gasteiger partial charge in [0.2, 0.25) is 23.4 Å². The number of halogens is 2. The molecule has 24 heavy (non-hydrogen) atoms. The molecule has 1 saturated heterocycles. The lowest BCUT2D eigenvalue weighted by atomic mass is 10.1. The summed E-state index contributed by atoms with van der Waals surface area (Å²) in [5.41, 5.74) is -0.538. The van der Waals surface area contributed by atoms with E-state index < -0.39 is 30.3 Å². The Kier molecular flexibility index (Phi) is 3.16. The summed E-state index contributed by atoms with van der Waals surface area (Å²) >= 11 is 0. The molecule has 1 saturated carbocycles. The zero-order valence-corrected chi connectivity index (χ0v) is 12.9. The van der Waals surface area contributed by atoms with E-state index in [1.54, 1.807) is 13.0 Å². The third-order valence-electron chi connectivity index (χ3n) is 4.54. The lowest BCUT2D eigenvalue weighted by Crippen LogP contribution is -2.37. The second-order valence-electron chi connectivity index (χ2n) is 6.60. The summed E-state index contributed by atoms with van der Waals surface area (Å²) in [6, 6.07) is 0.716. The molecule has 0 bridgehead atoms. The van der Waals surface area contributed by atoms with E-state index in [4.69, 9.17) is 4.52 Å². The van der Waals surface area contributed by atoms with Crippen molar-refractivity contribution in [2.24, 2.45) is 5.41 Å². The van der Waals surface area contributed by atoms with Crippen molar-refractivity contribution in [1.29, 1.82) is 0 Å². The van der Waals surface area contributed by atoms with Crippen LogP contribution in [0.3, 0.4) is 0 Å². The highest BCUT2D eigenvalue weighted by Crippen LogP contribution is 2.50. The van der Waals surface area contributed by atoms with Gasteiger partial charge < -0.3 is 9.42 Å². The average Bonchev–Trinajstić information content (AvgIpc) is 3.00. The van der Waals surface area contributed by atoms with Gasteiger partial charge in [-0.05, 0) is 18.9 Å². The van der Waals surface area contributed by atoms with Crippen LogP contribution in [0.2, 0.25) is 0 Å². The van der Waals surface area contributed by atoms with Crippen molar-refractivity contribution < 1.29 is 18.1 Å². The summed E-state index contributed by atoms with van der Waals surface area (Å²) in [5, 5.41) is 3.76. The van der Waals surface area contributed by atoms with E-state index >= 15 is 0 Å². The van der Waals surface area contributed by atoms with E-state index in [2.05, 4.69) is 20.1 Å². The number of nitrogens with zero attached hydrogens (tertiary/aromatic N) is 5. The number of alkyl halides is 2. The fourth-order valence-corrected chi connectivity index (χ4v) is 2.87. The fraction of sp³-hybridized carbons (Fsp3) is 0.533. The molecule has 2 aromatic rings. The van der Waals surface area contributed by atoms with Gasteiger partial charge in [-0.3, -0.25) is 4.79 Å². The molecule has 0 radical (unpaired) electrons. The minimum atomic E-state index is -2.97. The molecule has 0 aromatic carbocycles. The minimum Gasteiger partial charge on any atom is -0.337 e. The molecular weight excluding hydrogens is 320 g/mol. The predicted molar refractivity (Wildman–Crippen MR) is 76.7 cm³/mol. The molecule has 0 unspecified atom stereocenters. The van der Waals surface area contributed by atoms with Crippen molar-refractivity contribution in [3.63, 3.8) is 0 Å². The maximum atomic E-state index is 13.9. The van der Waals surface area contributed by atoms with E-state index in [-0.39, 0.29) is 23.4 Å². The molecule has 3 heterocycles. The Labute approximate surface area is 136 Å². The second-order valence-corrected chi connectivity index (χ2v) is 6.60. The normalized spacial score (nSPS) is 24.1. The Morgan fingerprint density at radius 2 is 2.00 bits per heavy atom. The standard InChI is InChI=1S/C15H15F2N5O2/c1-14(3-4-14)13(23)22-8-15(16,17)7-9(22)12-20-11(21-24-12)10-18-5-2-6-19-10/h2,5-6,9H,3-4,7-8H2,1H3/t9-/m0/s1. The van der Waals surface area contributed by atoms with Crippen molar-refractivity contribution in [2.75, 3.05) is 6.54 Å². The van der Waals surface area contributed by atoms with Gasteiger partial charge in [-0.25, -0.2) is 18.7 Å². The first-order valence-electron chi connectivity index (χ1n) is 7.68. The quantitative estimate of drug-likeness (QED) is 0.855. The first kappa shape index (κ1) is 15.1. The molecule has 2 aromatic heterocycles. The second kappa shape index (κ2) is 5.02. The first-order valence-corrected chi connectivity index (χ1v) is 7.68. The number of carbonyl (C=O) groups is 1. The predicted octanol–water partition coefficient (Wildman–Crippen LogP) is 2.24. The molecule has 2 aliphatic rings. The Morgan fingerprint density at radius 3 is 2.67 bits per heavy atom. The maximum absolute atomic E-state index is 13.9. The van der Waals surface area contributed by atoms with Gasteiger partial charge in [0.15, 0.2) is 0 Å². The van der Waals surface area contributed by atoms with Gasteiger partial charge in [0.1, 0.15) is 6.04 Å². The molecule has 0 spiro atoms. The Bertz CT molecular complexity index is 775. The third-order valence-corrected chi connectivity index (χ3v) is 4.54. The molecule has 2 fully saturated rings. The topological polar surface area (TPSA) is 85.0 Å². The van der Waals surface area contributed by atoms with Crippen LogP contribution < -0.4 is 0 Å². The van der Waals surface area contributed by atoms with Crippen molar-refractivity contribution in [1.82, 2.24) is 25.0 Å². The molecule has 0 N–H and O–H groups in total. The fourth-order valence-electron chi connectivity index (χ4n) is 2.87. The van der Waals surface area contributed by atoms with Gasteiger partial charge >= 0.3 is 0 Å². The summed E-state index contributed by atoms with van der Waals surface area (Å²) in [6.07, 6.45) is 3.95. The number of likely N-dealkylation sites (tertiary alicyclic amines) is 1. The van der Waals surface area contributed by atoms with E-state index in [0.29, 0.717) is 12.8 Å². The summed E-state index contributed by atoms with van der Waals surface area (Å²) < 4.78 is 33.0. The van der Waals surface area contributed by atoms with Gasteiger partial charge in [0, 0.05) is 24.2 Å². The molecule has 126 valence electrons. The van der Waals surface area contributed by atoms with Crippen LogP contribution in [-0.2, 0) is 4.79 Å². The smallest absolute Gasteiger partial charge is 0.267 e. The summed E-state index contributed by atoms with van der Waals surface area (Å²) in [6.45, 7) is 1.17. The SMILES string of the molecule is CC1(C(=O)N2CC(F)(F)C[C@H]2c2nc(-c3ncccn3)no2)CC1. The third kappa shape index (κ3) is 2.53. The number of carbonyl (C=O) groups excluding carboxylic acids is 1. The average molecular weight is 335 g/mol. The summed E-state index contributed by atoms with van der Waals surface area (Å²) in [5.74, 6) is -2.90. The van der Waals surface area contributed by atoms with Gasteiger partial charge in [-0.1, -0.05) is 12.1 Å². The van der Waals surface area contributed by atoms with Gasteiger partial charge in [-0.2, -0.15) is 4.98 Å². The molecule has 7 nitrogen and oxygen atoms in total. The lowest BCUT2D eigenvalue weighted by molar-refractivity contribution is -0.139. The lowest BCUT2D eigenvalue weighted by Gasteiger charge is -2.24. The van der Waals surface area contributed by atoms with Crippen LogP contribution in [0.4, 0.5) is 8.78 Å². The van der Waals surface area contributed by atoms with E-state index in [0.717, 1.165) is 0 Å². The van der Waals surface area contributed by atoms with Crippen molar-refractivity contribution in [3.8, 4) is 11.6 Å². The maximum Gasteiger partial charge on any atom is 0.267 e. The van der Waals surface area contributed by atoms with Crippen molar-refractivity contribution >= 4 is 5.91 Å². The zero-order chi connectivity index (χ0) is 16.9. The highest BCUT2D eigenvalue weighted by atomic mass is 19.3. The minimum absolute atomic E-state index is 0.00720. The van der Waals surface area contributed by atoms with Crippen molar-refractivity contribution in [3.05, 3.63) is 24.4 Å². The Hall–Kier alpha value is -2.45. The molecule has 4 rings (SSSR count). The molecule has 1 aliphatic carbocycles. The Balaban J connectivity index is 1.64. The van der Waals surface area contributed by atoms with Gasteiger partial charge in [0.25, 0.3) is 5.92 Å². The number of amides is 1. The van der Waals surface area contributed by atoms with Crippen LogP contribution in [0.5, 0.6) is 0 Å². The number of hydrogen-bond donors (Lipinski definition) is 0. The van der Waals surface area contributed by atoms with Crippen LogP contribution in [-0.4, -0.2) is 43.4 Å². The van der Waals surface area contributed by atoms with Crippen LogP contribution in [0.1, 0.15) is 38.1 Å². The molecule has 1 atom stereocenters. The van der Waals surface area contributed by atoms with E-state index in [1.165, 1.54) is 17.3 Å². The largest absolute Gasteiger partial charge is 0.337 e. The van der Waals surface area contributed by atoms with Crippen LogP contribution >= 0.6 is 0 Å². The van der Waals surface area contributed by atoms with E-state index in [1.807, 2.05) is 0 Å². The summed E-state index contributed by atoms with van der Waals surface area (Å²) in [7, 11) is 0. The zero-order valence-electron chi connectivity index (χ0n) is 12.9. The first-order chi connectivity index (χ1) is 11.4. The van der Waals surface area contributed by atoms with Gasteiger partial charge in [0.05, 0.1) is 6.54 Å².